The lowest BCUT2D eigenvalue weighted by atomic mass is 10.2. The zero-order chi connectivity index (χ0) is 13.4. The van der Waals surface area contributed by atoms with Crippen LogP contribution in [0, 0.1) is 0 Å². The second-order valence-corrected chi connectivity index (χ2v) is 8.89. The van der Waals surface area contributed by atoms with Gasteiger partial charge in [0, 0.05) is 29.8 Å². The van der Waals surface area contributed by atoms with Gasteiger partial charge in [-0.2, -0.15) is 16.1 Å². The third-order valence-corrected chi connectivity index (χ3v) is 6.08. The van der Waals surface area contributed by atoms with Gasteiger partial charge in [0.05, 0.1) is 0 Å². The Bertz CT molecular complexity index is 528. The normalized spacial score (nSPS) is 20.8. The van der Waals surface area contributed by atoms with Crippen molar-refractivity contribution < 1.29 is 8.42 Å². The van der Waals surface area contributed by atoms with Gasteiger partial charge in [-0.05, 0) is 26.0 Å². The van der Waals surface area contributed by atoms with Crippen LogP contribution in [0.2, 0.25) is 5.15 Å². The quantitative estimate of drug-likeness (QED) is 0.786. The average molecular weight is 307 g/mol. The molecule has 0 N–H and O–H groups in total. The molecule has 0 bridgehead atoms. The fraction of sp³-hybridized carbons (Fsp3) is 0.545. The van der Waals surface area contributed by atoms with Crippen molar-refractivity contribution in [2.24, 2.45) is 0 Å². The predicted molar refractivity (Wildman–Crippen MR) is 74.5 cm³/mol. The van der Waals surface area contributed by atoms with E-state index >= 15 is 0 Å². The molecule has 18 heavy (non-hydrogen) atoms. The summed E-state index contributed by atoms with van der Waals surface area (Å²) in [5.74, 6) is 0.813. The van der Waals surface area contributed by atoms with Crippen molar-refractivity contribution in [2.75, 3.05) is 18.8 Å². The van der Waals surface area contributed by atoms with Crippen molar-refractivity contribution in [3.05, 3.63) is 23.5 Å². The molecule has 1 saturated heterocycles. The second kappa shape index (κ2) is 5.00. The van der Waals surface area contributed by atoms with Crippen molar-refractivity contribution in [3.8, 4) is 0 Å². The van der Waals surface area contributed by atoms with Crippen LogP contribution in [0.4, 0.5) is 0 Å². The molecule has 1 aromatic heterocycles. The summed E-state index contributed by atoms with van der Waals surface area (Å²) >= 11 is 7.46. The van der Waals surface area contributed by atoms with Crippen LogP contribution in [0.15, 0.2) is 23.2 Å². The summed E-state index contributed by atoms with van der Waals surface area (Å²) in [6.07, 6.45) is 1.31. The maximum Gasteiger partial charge on any atom is 0.244 e. The number of halogens is 1. The van der Waals surface area contributed by atoms with Gasteiger partial charge in [0.1, 0.15) is 10.0 Å². The molecule has 0 unspecified atom stereocenters. The third-order valence-electron chi connectivity index (χ3n) is 2.73. The zero-order valence-electron chi connectivity index (χ0n) is 10.3. The zero-order valence-corrected chi connectivity index (χ0v) is 12.6. The van der Waals surface area contributed by atoms with E-state index in [1.165, 1.54) is 22.6 Å². The van der Waals surface area contributed by atoms with Gasteiger partial charge in [-0.15, -0.1) is 0 Å². The highest BCUT2D eigenvalue weighted by atomic mass is 35.5. The van der Waals surface area contributed by atoms with Crippen molar-refractivity contribution in [1.82, 2.24) is 9.29 Å². The van der Waals surface area contributed by atoms with E-state index in [1.54, 1.807) is 11.8 Å². The van der Waals surface area contributed by atoms with E-state index in [-0.39, 0.29) is 9.64 Å². The Morgan fingerprint density at radius 3 is 2.72 bits per heavy atom. The van der Waals surface area contributed by atoms with Crippen LogP contribution in [0.3, 0.4) is 0 Å². The molecular weight excluding hydrogens is 292 g/mol. The number of hydrogen-bond acceptors (Lipinski definition) is 4. The maximum atomic E-state index is 12.4. The van der Waals surface area contributed by atoms with Gasteiger partial charge in [0.25, 0.3) is 0 Å². The molecule has 0 aromatic carbocycles. The number of aromatic nitrogens is 1. The van der Waals surface area contributed by atoms with E-state index in [9.17, 15) is 8.42 Å². The minimum atomic E-state index is -3.45. The SMILES string of the molecule is CC1(C)CN(S(=O)(=O)c2ccc(Cl)nc2)CCS1. The Balaban J connectivity index is 2.28. The molecule has 0 amide bonds. The maximum absolute atomic E-state index is 12.4. The number of rotatable bonds is 2. The van der Waals surface area contributed by atoms with Crippen LogP contribution in [0.5, 0.6) is 0 Å². The molecule has 0 radical (unpaired) electrons. The van der Waals surface area contributed by atoms with Crippen LogP contribution in [0.25, 0.3) is 0 Å². The van der Waals surface area contributed by atoms with E-state index in [0.29, 0.717) is 18.2 Å². The first-order chi connectivity index (χ1) is 8.31. The minimum Gasteiger partial charge on any atom is -0.243 e. The number of nitrogens with zero attached hydrogens (tertiary/aromatic N) is 2. The molecule has 1 aliphatic rings. The van der Waals surface area contributed by atoms with Crippen molar-refractivity contribution >= 4 is 33.4 Å². The lowest BCUT2D eigenvalue weighted by molar-refractivity contribution is 0.387. The number of sulfonamides is 1. The highest BCUT2D eigenvalue weighted by molar-refractivity contribution is 8.00. The van der Waals surface area contributed by atoms with Gasteiger partial charge in [0.2, 0.25) is 10.0 Å². The lowest BCUT2D eigenvalue weighted by Gasteiger charge is -2.36. The Hall–Kier alpha value is -0.300. The van der Waals surface area contributed by atoms with Gasteiger partial charge in [-0.1, -0.05) is 11.6 Å². The Morgan fingerprint density at radius 2 is 2.17 bits per heavy atom. The van der Waals surface area contributed by atoms with Gasteiger partial charge >= 0.3 is 0 Å². The van der Waals surface area contributed by atoms with E-state index in [1.807, 2.05) is 0 Å². The Labute approximate surface area is 117 Å². The number of hydrogen-bond donors (Lipinski definition) is 0. The van der Waals surface area contributed by atoms with Crippen LogP contribution in [0.1, 0.15) is 13.8 Å². The summed E-state index contributed by atoms with van der Waals surface area (Å²) < 4.78 is 26.3. The van der Waals surface area contributed by atoms with Gasteiger partial charge in [-0.3, -0.25) is 0 Å². The van der Waals surface area contributed by atoms with Gasteiger partial charge < -0.3 is 0 Å². The first-order valence-corrected chi connectivity index (χ1v) is 8.37. The highest BCUT2D eigenvalue weighted by Crippen LogP contribution is 2.32. The molecule has 0 atom stereocenters. The van der Waals surface area contributed by atoms with Crippen LogP contribution < -0.4 is 0 Å². The Kier molecular flexibility index (Phi) is 3.92. The summed E-state index contributed by atoms with van der Waals surface area (Å²) in [6.45, 7) is 5.17. The van der Waals surface area contributed by atoms with E-state index in [0.717, 1.165) is 5.75 Å². The molecule has 0 saturated carbocycles. The van der Waals surface area contributed by atoms with Gasteiger partial charge in [0.15, 0.2) is 0 Å². The highest BCUT2D eigenvalue weighted by Gasteiger charge is 2.34. The minimum absolute atomic E-state index is 0.0504. The van der Waals surface area contributed by atoms with Crippen molar-refractivity contribution in [3.63, 3.8) is 0 Å². The lowest BCUT2D eigenvalue weighted by Crippen LogP contribution is -2.46. The average Bonchev–Trinajstić information content (AvgIpc) is 2.28. The fourth-order valence-electron chi connectivity index (χ4n) is 1.84. The molecule has 1 aliphatic heterocycles. The summed E-state index contributed by atoms with van der Waals surface area (Å²) in [7, 11) is -3.45. The molecule has 100 valence electrons. The molecule has 0 aliphatic carbocycles. The van der Waals surface area contributed by atoms with E-state index in [4.69, 9.17) is 11.6 Å². The summed E-state index contributed by atoms with van der Waals surface area (Å²) in [5.41, 5.74) is 0. The topological polar surface area (TPSA) is 50.3 Å². The second-order valence-electron chi connectivity index (χ2n) is 4.76. The van der Waals surface area contributed by atoms with Crippen molar-refractivity contribution in [2.45, 2.75) is 23.5 Å². The largest absolute Gasteiger partial charge is 0.244 e. The van der Waals surface area contributed by atoms with Crippen molar-refractivity contribution in [1.29, 1.82) is 0 Å². The molecule has 1 aromatic rings. The molecule has 1 fully saturated rings. The van der Waals surface area contributed by atoms with Crippen LogP contribution >= 0.6 is 23.4 Å². The molecule has 2 rings (SSSR count). The number of thioether (sulfide) groups is 1. The first kappa shape index (κ1) is 14.1. The standard InChI is InChI=1S/C11H15ClN2O2S2/c1-11(2)8-14(5-6-17-11)18(15,16)9-3-4-10(12)13-7-9/h3-4,7H,5-6,8H2,1-2H3. The molecule has 4 nitrogen and oxygen atoms in total. The van der Waals surface area contributed by atoms with Crippen LogP contribution in [-0.2, 0) is 10.0 Å². The fourth-order valence-corrected chi connectivity index (χ4v) is 4.81. The first-order valence-electron chi connectivity index (χ1n) is 5.57. The number of pyridine rings is 1. The van der Waals surface area contributed by atoms with Gasteiger partial charge in [-0.25, -0.2) is 13.4 Å². The molecular formula is C11H15ClN2O2S2. The van der Waals surface area contributed by atoms with E-state index < -0.39 is 10.0 Å². The predicted octanol–water partition coefficient (Wildman–Crippen LogP) is 2.25. The monoisotopic (exact) mass is 306 g/mol. The smallest absolute Gasteiger partial charge is 0.243 e. The summed E-state index contributed by atoms with van der Waals surface area (Å²) in [5, 5.41) is 0.295. The molecule has 2 heterocycles. The third kappa shape index (κ3) is 2.99. The molecule has 7 heteroatoms. The van der Waals surface area contributed by atoms with Crippen LogP contribution in [-0.4, -0.2) is 41.3 Å². The summed E-state index contributed by atoms with van der Waals surface area (Å²) in [6, 6.07) is 3.00. The summed E-state index contributed by atoms with van der Waals surface area (Å²) in [4.78, 5) is 4.03. The Morgan fingerprint density at radius 1 is 1.44 bits per heavy atom. The van der Waals surface area contributed by atoms with E-state index in [2.05, 4.69) is 18.8 Å². The molecule has 0 spiro atoms.